The Balaban J connectivity index is 0.00000176. The number of carbonyl (C=O) groups is 1. The lowest BCUT2D eigenvalue weighted by atomic mass is 10.1. The zero-order chi connectivity index (χ0) is 14.8. The van der Waals surface area contributed by atoms with Crippen molar-refractivity contribution in [3.8, 4) is 5.69 Å². The molecule has 1 aromatic carbocycles. The van der Waals surface area contributed by atoms with E-state index in [1.807, 2.05) is 37.4 Å². The highest BCUT2D eigenvalue weighted by atomic mass is 35.5. The minimum atomic E-state index is -0.0747. The first kappa shape index (κ1) is 16.5. The molecule has 1 aliphatic carbocycles. The molecule has 118 valence electrons. The molecule has 1 saturated carbocycles. The second-order valence-corrected chi connectivity index (χ2v) is 5.72. The predicted molar refractivity (Wildman–Crippen MR) is 88.6 cm³/mol. The molecule has 1 amide bonds. The molecule has 1 fully saturated rings. The van der Waals surface area contributed by atoms with Gasteiger partial charge >= 0.3 is 0 Å². The number of hydrogen-bond acceptors (Lipinski definition) is 3. The molecule has 1 aromatic heterocycles. The number of aromatic nitrogens is 2. The van der Waals surface area contributed by atoms with Gasteiger partial charge in [0.05, 0.1) is 11.9 Å². The number of amides is 1. The summed E-state index contributed by atoms with van der Waals surface area (Å²) in [5, 5.41) is 7.14. The average molecular weight is 321 g/mol. The fourth-order valence-electron chi connectivity index (χ4n) is 2.32. The molecule has 0 bridgehead atoms. The molecule has 1 unspecified atom stereocenters. The van der Waals surface area contributed by atoms with Crippen molar-refractivity contribution in [2.45, 2.75) is 25.8 Å². The van der Waals surface area contributed by atoms with Gasteiger partial charge in [0, 0.05) is 24.3 Å². The van der Waals surface area contributed by atoms with E-state index < -0.39 is 0 Å². The summed E-state index contributed by atoms with van der Waals surface area (Å²) in [6.07, 6.45) is 6.13. The fourth-order valence-corrected chi connectivity index (χ4v) is 2.32. The van der Waals surface area contributed by atoms with Crippen molar-refractivity contribution in [1.82, 2.24) is 15.1 Å². The first-order valence-electron chi connectivity index (χ1n) is 7.29. The Labute approximate surface area is 136 Å². The van der Waals surface area contributed by atoms with E-state index in [1.165, 1.54) is 12.8 Å². The number of nitrogens with one attached hydrogen (secondary N) is 1. The van der Waals surface area contributed by atoms with E-state index in [1.54, 1.807) is 10.9 Å². The summed E-state index contributed by atoms with van der Waals surface area (Å²) in [7, 11) is 0. The topological polar surface area (TPSA) is 72.9 Å². The molecular weight excluding hydrogens is 300 g/mol. The van der Waals surface area contributed by atoms with E-state index in [0.717, 1.165) is 11.3 Å². The smallest absolute Gasteiger partial charge is 0.251 e. The summed E-state index contributed by atoms with van der Waals surface area (Å²) in [6, 6.07) is 7.49. The highest BCUT2D eigenvalue weighted by molar-refractivity contribution is 5.94. The fraction of sp³-hybridized carbons (Fsp3) is 0.375. The molecule has 6 heteroatoms. The molecule has 22 heavy (non-hydrogen) atoms. The number of halogens is 1. The Morgan fingerprint density at radius 1 is 1.41 bits per heavy atom. The number of benzene rings is 1. The van der Waals surface area contributed by atoms with Crippen molar-refractivity contribution in [3.63, 3.8) is 0 Å². The number of carbonyl (C=O) groups excluding carboxylic acids is 1. The van der Waals surface area contributed by atoms with Crippen LogP contribution in [-0.2, 0) is 0 Å². The number of rotatable bonds is 5. The summed E-state index contributed by atoms with van der Waals surface area (Å²) in [4.78, 5) is 12.1. The van der Waals surface area contributed by atoms with Crippen LogP contribution in [0.4, 0.5) is 0 Å². The Kier molecular flexibility index (Phi) is 5.21. The third-order valence-corrected chi connectivity index (χ3v) is 3.83. The summed E-state index contributed by atoms with van der Waals surface area (Å²) in [5.74, 6) is 0.519. The van der Waals surface area contributed by atoms with Crippen LogP contribution in [0.3, 0.4) is 0 Å². The Morgan fingerprint density at radius 2 is 2.09 bits per heavy atom. The largest absolute Gasteiger partial charge is 0.350 e. The van der Waals surface area contributed by atoms with Gasteiger partial charge in [0.25, 0.3) is 5.91 Å². The van der Waals surface area contributed by atoms with Crippen LogP contribution in [-0.4, -0.2) is 28.3 Å². The van der Waals surface area contributed by atoms with Gasteiger partial charge in [-0.05, 0) is 55.5 Å². The number of nitrogens with two attached hydrogens (primary N) is 1. The maximum Gasteiger partial charge on any atom is 0.251 e. The van der Waals surface area contributed by atoms with E-state index in [-0.39, 0.29) is 24.4 Å². The molecule has 5 nitrogen and oxygen atoms in total. The molecule has 3 rings (SSSR count). The van der Waals surface area contributed by atoms with Gasteiger partial charge in [-0.2, -0.15) is 5.10 Å². The first-order chi connectivity index (χ1) is 10.1. The third-order valence-electron chi connectivity index (χ3n) is 3.83. The van der Waals surface area contributed by atoms with Crippen LogP contribution < -0.4 is 11.1 Å². The summed E-state index contributed by atoms with van der Waals surface area (Å²) < 4.78 is 1.79. The maximum absolute atomic E-state index is 12.1. The second kappa shape index (κ2) is 6.94. The Hall–Kier alpha value is -1.85. The highest BCUT2D eigenvalue weighted by Gasteiger charge is 2.28. The van der Waals surface area contributed by atoms with E-state index in [9.17, 15) is 4.79 Å². The molecule has 2 aromatic rings. The van der Waals surface area contributed by atoms with Crippen LogP contribution in [0.25, 0.3) is 5.69 Å². The highest BCUT2D eigenvalue weighted by Crippen LogP contribution is 2.31. The van der Waals surface area contributed by atoms with Gasteiger partial charge in [-0.3, -0.25) is 4.79 Å². The van der Waals surface area contributed by atoms with Gasteiger partial charge in [0.2, 0.25) is 0 Å². The quantitative estimate of drug-likeness (QED) is 0.885. The van der Waals surface area contributed by atoms with Crippen molar-refractivity contribution in [2.75, 3.05) is 6.54 Å². The van der Waals surface area contributed by atoms with Crippen LogP contribution >= 0.6 is 12.4 Å². The third kappa shape index (κ3) is 3.87. The summed E-state index contributed by atoms with van der Waals surface area (Å²) in [6.45, 7) is 2.54. The monoisotopic (exact) mass is 320 g/mol. The molecule has 3 N–H and O–H groups in total. The molecule has 0 radical (unpaired) electrons. The lowest BCUT2D eigenvalue weighted by molar-refractivity contribution is 0.0950. The molecule has 0 spiro atoms. The van der Waals surface area contributed by atoms with E-state index >= 15 is 0 Å². The minimum Gasteiger partial charge on any atom is -0.350 e. The van der Waals surface area contributed by atoms with E-state index in [4.69, 9.17) is 5.73 Å². The van der Waals surface area contributed by atoms with Gasteiger partial charge in [-0.25, -0.2) is 4.68 Å². The average Bonchev–Trinajstić information content (AvgIpc) is 3.26. The lowest BCUT2D eigenvalue weighted by Crippen LogP contribution is -2.38. The van der Waals surface area contributed by atoms with Gasteiger partial charge in [-0.1, -0.05) is 0 Å². The molecule has 1 atom stereocenters. The van der Waals surface area contributed by atoms with E-state index in [0.29, 0.717) is 18.0 Å². The predicted octanol–water partition coefficient (Wildman–Crippen LogP) is 2.07. The molecule has 1 aliphatic rings. The van der Waals surface area contributed by atoms with Gasteiger partial charge in [-0.15, -0.1) is 12.4 Å². The SMILES string of the molecule is Cc1cnn(-c2ccc(C(=O)NCC(N)C3CC3)cc2)c1.Cl. The minimum absolute atomic E-state index is 0. The van der Waals surface area contributed by atoms with Crippen LogP contribution in [0.15, 0.2) is 36.7 Å². The van der Waals surface area contributed by atoms with Gasteiger partial charge in [0.1, 0.15) is 0 Å². The first-order valence-corrected chi connectivity index (χ1v) is 7.29. The zero-order valence-corrected chi connectivity index (χ0v) is 13.3. The zero-order valence-electron chi connectivity index (χ0n) is 12.5. The van der Waals surface area contributed by atoms with Crippen molar-refractivity contribution < 1.29 is 4.79 Å². The second-order valence-electron chi connectivity index (χ2n) is 5.72. The number of hydrogen-bond donors (Lipinski definition) is 2. The summed E-state index contributed by atoms with van der Waals surface area (Å²) in [5.41, 5.74) is 8.67. The molecule has 0 saturated heterocycles. The normalized spacial score (nSPS) is 15.0. The van der Waals surface area contributed by atoms with Gasteiger partial charge in [0.15, 0.2) is 0 Å². The standard InChI is InChI=1S/C16H20N4O.ClH/c1-11-8-19-20(10-11)14-6-4-13(5-7-14)16(21)18-9-15(17)12-2-3-12;/h4-8,10,12,15H,2-3,9,17H2,1H3,(H,18,21);1H. The van der Waals surface area contributed by atoms with Crippen molar-refractivity contribution in [3.05, 3.63) is 47.8 Å². The van der Waals surface area contributed by atoms with Crippen molar-refractivity contribution >= 4 is 18.3 Å². The van der Waals surface area contributed by atoms with Crippen LogP contribution in [0.5, 0.6) is 0 Å². The van der Waals surface area contributed by atoms with Crippen molar-refractivity contribution in [2.24, 2.45) is 11.7 Å². The van der Waals surface area contributed by atoms with E-state index in [2.05, 4.69) is 10.4 Å². The molecule has 1 heterocycles. The Bertz CT molecular complexity index is 634. The Morgan fingerprint density at radius 3 is 2.64 bits per heavy atom. The van der Waals surface area contributed by atoms with Crippen molar-refractivity contribution in [1.29, 1.82) is 0 Å². The lowest BCUT2D eigenvalue weighted by Gasteiger charge is -2.11. The number of nitrogens with zero attached hydrogens (tertiary/aromatic N) is 2. The molecule has 0 aliphatic heterocycles. The van der Waals surface area contributed by atoms with Crippen LogP contribution in [0, 0.1) is 12.8 Å². The maximum atomic E-state index is 12.1. The molecular formula is C16H21ClN4O. The van der Waals surface area contributed by atoms with Gasteiger partial charge < -0.3 is 11.1 Å². The van der Waals surface area contributed by atoms with Crippen LogP contribution in [0.2, 0.25) is 0 Å². The number of aryl methyl sites for hydroxylation is 1. The summed E-state index contributed by atoms with van der Waals surface area (Å²) >= 11 is 0. The van der Waals surface area contributed by atoms with Crippen LogP contribution in [0.1, 0.15) is 28.8 Å².